The summed E-state index contributed by atoms with van der Waals surface area (Å²) in [5.74, 6) is 0.468. The van der Waals surface area contributed by atoms with Gasteiger partial charge in [-0.2, -0.15) is 0 Å². The first kappa shape index (κ1) is 19.2. The van der Waals surface area contributed by atoms with Crippen molar-refractivity contribution in [2.45, 2.75) is 31.7 Å². The second-order valence-corrected chi connectivity index (χ2v) is 5.48. The van der Waals surface area contributed by atoms with Gasteiger partial charge in [0.05, 0.1) is 6.61 Å². The Bertz CT molecular complexity index is 441. The van der Waals surface area contributed by atoms with Gasteiger partial charge in [-0.1, -0.05) is 18.2 Å². The van der Waals surface area contributed by atoms with E-state index in [1.807, 2.05) is 30.3 Å². The number of para-hydroxylation sites is 1. The third kappa shape index (κ3) is 6.50. The fourth-order valence-corrected chi connectivity index (χ4v) is 2.73. The fourth-order valence-electron chi connectivity index (χ4n) is 2.73. The Morgan fingerprint density at radius 2 is 2.09 bits per heavy atom. The van der Waals surface area contributed by atoms with Gasteiger partial charge in [0, 0.05) is 18.3 Å². The smallest absolute Gasteiger partial charge is 0.193 e. The van der Waals surface area contributed by atoms with Crippen molar-refractivity contribution in [3.05, 3.63) is 30.3 Å². The maximum Gasteiger partial charge on any atom is 0.193 e. The molecule has 2 rings (SSSR count). The van der Waals surface area contributed by atoms with E-state index in [9.17, 15) is 5.11 Å². The second kappa shape index (κ2) is 10.8. The molecule has 0 saturated carbocycles. The Labute approximate surface area is 150 Å². The standard InChI is InChI=1S/C16H26N4O.HI/c17-16(19-14-7-2-1-3-8-14)18-10-4-5-11-20-12-6-9-15(20)13-21;/h1-3,7-8,15,21H,4-6,9-13H2,(H3,17,18,19);1H. The number of halogens is 1. The summed E-state index contributed by atoms with van der Waals surface area (Å²) in [6, 6.07) is 10.2. The van der Waals surface area contributed by atoms with Crippen LogP contribution in [0.1, 0.15) is 25.7 Å². The van der Waals surface area contributed by atoms with Crippen LogP contribution in [-0.4, -0.2) is 48.2 Å². The van der Waals surface area contributed by atoms with Gasteiger partial charge in [0.2, 0.25) is 0 Å². The summed E-state index contributed by atoms with van der Waals surface area (Å²) in [6.45, 7) is 3.19. The molecule has 22 heavy (non-hydrogen) atoms. The third-order valence-corrected chi connectivity index (χ3v) is 3.89. The molecule has 124 valence electrons. The predicted molar refractivity (Wildman–Crippen MR) is 103 cm³/mol. The Morgan fingerprint density at radius 1 is 1.32 bits per heavy atom. The summed E-state index contributed by atoms with van der Waals surface area (Å²) in [6.07, 6.45) is 4.45. The Morgan fingerprint density at radius 3 is 2.82 bits per heavy atom. The fraction of sp³-hybridized carbons (Fsp3) is 0.562. The monoisotopic (exact) mass is 418 g/mol. The minimum absolute atomic E-state index is 0. The van der Waals surface area contributed by atoms with Crippen LogP contribution in [0.25, 0.3) is 0 Å². The molecular formula is C16H27IN4O. The number of aliphatic hydroxyl groups excluding tert-OH is 1. The summed E-state index contributed by atoms with van der Waals surface area (Å²) < 4.78 is 0. The quantitative estimate of drug-likeness (QED) is 0.275. The minimum atomic E-state index is 0. The van der Waals surface area contributed by atoms with Gasteiger partial charge in [0.15, 0.2) is 5.96 Å². The molecule has 0 aliphatic carbocycles. The molecule has 5 nitrogen and oxygen atoms in total. The van der Waals surface area contributed by atoms with Crippen molar-refractivity contribution < 1.29 is 5.11 Å². The first-order valence-corrected chi connectivity index (χ1v) is 7.76. The van der Waals surface area contributed by atoms with Gasteiger partial charge in [-0.05, 0) is 50.9 Å². The number of hydrogen-bond donors (Lipinski definition) is 3. The molecule has 0 spiro atoms. The van der Waals surface area contributed by atoms with Crippen LogP contribution in [0, 0.1) is 0 Å². The van der Waals surface area contributed by atoms with Crippen LogP contribution >= 0.6 is 24.0 Å². The zero-order valence-electron chi connectivity index (χ0n) is 12.9. The molecule has 1 atom stereocenters. The maximum absolute atomic E-state index is 9.26. The summed E-state index contributed by atoms with van der Waals surface area (Å²) in [5.41, 5.74) is 6.81. The lowest BCUT2D eigenvalue weighted by Crippen LogP contribution is -2.33. The van der Waals surface area contributed by atoms with Crippen molar-refractivity contribution in [2.75, 3.05) is 31.6 Å². The molecule has 1 heterocycles. The van der Waals surface area contributed by atoms with Crippen LogP contribution in [0.4, 0.5) is 5.69 Å². The molecule has 0 amide bonds. The molecule has 6 heteroatoms. The van der Waals surface area contributed by atoms with E-state index in [1.54, 1.807) is 0 Å². The highest BCUT2D eigenvalue weighted by molar-refractivity contribution is 14.0. The van der Waals surface area contributed by atoms with Crippen LogP contribution in [0.3, 0.4) is 0 Å². The lowest BCUT2D eigenvalue weighted by atomic mass is 10.2. The molecule has 1 unspecified atom stereocenters. The largest absolute Gasteiger partial charge is 0.395 e. The zero-order valence-corrected chi connectivity index (χ0v) is 15.3. The van der Waals surface area contributed by atoms with Crippen molar-refractivity contribution in [2.24, 2.45) is 10.7 Å². The molecule has 1 aliphatic heterocycles. The normalized spacial score (nSPS) is 19.0. The number of nitrogens with two attached hydrogens (primary N) is 1. The summed E-state index contributed by atoms with van der Waals surface area (Å²) in [5, 5.41) is 12.3. The lowest BCUT2D eigenvalue weighted by molar-refractivity contribution is 0.157. The number of likely N-dealkylation sites (tertiary alicyclic amines) is 1. The van der Waals surface area contributed by atoms with Crippen LogP contribution in [-0.2, 0) is 0 Å². The lowest BCUT2D eigenvalue weighted by Gasteiger charge is -2.22. The number of guanidine groups is 1. The van der Waals surface area contributed by atoms with Crippen LogP contribution in [0.2, 0.25) is 0 Å². The van der Waals surface area contributed by atoms with E-state index < -0.39 is 0 Å². The van der Waals surface area contributed by atoms with Crippen LogP contribution < -0.4 is 11.1 Å². The van der Waals surface area contributed by atoms with E-state index in [-0.39, 0.29) is 30.6 Å². The minimum Gasteiger partial charge on any atom is -0.395 e. The number of nitrogens with one attached hydrogen (secondary N) is 1. The molecule has 1 aromatic carbocycles. The molecule has 4 N–H and O–H groups in total. The number of rotatable bonds is 7. The van der Waals surface area contributed by atoms with E-state index >= 15 is 0 Å². The molecule has 1 saturated heterocycles. The highest BCUT2D eigenvalue weighted by Gasteiger charge is 2.22. The van der Waals surface area contributed by atoms with Crippen molar-refractivity contribution in [1.82, 2.24) is 4.90 Å². The van der Waals surface area contributed by atoms with Gasteiger partial charge in [-0.25, -0.2) is 0 Å². The number of benzene rings is 1. The topological polar surface area (TPSA) is 73.9 Å². The van der Waals surface area contributed by atoms with Gasteiger partial charge < -0.3 is 16.2 Å². The first-order chi connectivity index (χ1) is 10.3. The highest BCUT2D eigenvalue weighted by Crippen LogP contribution is 2.16. The Balaban J connectivity index is 0.00000242. The van der Waals surface area contributed by atoms with Gasteiger partial charge in [0.25, 0.3) is 0 Å². The van der Waals surface area contributed by atoms with Crippen molar-refractivity contribution >= 4 is 35.6 Å². The number of anilines is 1. The summed E-state index contributed by atoms with van der Waals surface area (Å²) in [4.78, 5) is 6.72. The molecule has 1 aliphatic rings. The predicted octanol–water partition coefficient (Wildman–Crippen LogP) is 2.27. The molecule has 0 bridgehead atoms. The summed E-state index contributed by atoms with van der Waals surface area (Å²) in [7, 11) is 0. The van der Waals surface area contributed by atoms with Gasteiger partial charge in [-0.3, -0.25) is 9.89 Å². The van der Waals surface area contributed by atoms with Crippen molar-refractivity contribution in [1.29, 1.82) is 0 Å². The molecular weight excluding hydrogens is 391 g/mol. The number of nitrogens with zero attached hydrogens (tertiary/aromatic N) is 2. The van der Waals surface area contributed by atoms with Gasteiger partial charge in [0.1, 0.15) is 0 Å². The highest BCUT2D eigenvalue weighted by atomic mass is 127. The molecule has 1 fully saturated rings. The van der Waals surface area contributed by atoms with E-state index in [1.165, 1.54) is 6.42 Å². The second-order valence-electron chi connectivity index (χ2n) is 5.48. The van der Waals surface area contributed by atoms with Crippen LogP contribution in [0.15, 0.2) is 35.3 Å². The van der Waals surface area contributed by atoms with Crippen LogP contribution in [0.5, 0.6) is 0 Å². The third-order valence-electron chi connectivity index (χ3n) is 3.89. The van der Waals surface area contributed by atoms with E-state index in [4.69, 9.17) is 5.73 Å². The number of unbranched alkanes of at least 4 members (excludes halogenated alkanes) is 1. The van der Waals surface area contributed by atoms with Gasteiger partial charge in [-0.15, -0.1) is 24.0 Å². The number of aliphatic hydroxyl groups is 1. The molecule has 0 aromatic heterocycles. The van der Waals surface area contributed by atoms with E-state index in [2.05, 4.69) is 15.2 Å². The number of aliphatic imine (C=N–C) groups is 1. The average Bonchev–Trinajstić information content (AvgIpc) is 2.95. The molecule has 0 radical (unpaired) electrons. The number of hydrogen-bond acceptors (Lipinski definition) is 3. The average molecular weight is 418 g/mol. The Kier molecular flexibility index (Phi) is 9.42. The Hall–Kier alpha value is -0.860. The van der Waals surface area contributed by atoms with E-state index in [0.29, 0.717) is 12.0 Å². The van der Waals surface area contributed by atoms with Crippen molar-refractivity contribution in [3.63, 3.8) is 0 Å². The maximum atomic E-state index is 9.26. The van der Waals surface area contributed by atoms with Gasteiger partial charge >= 0.3 is 0 Å². The van der Waals surface area contributed by atoms with E-state index in [0.717, 1.165) is 44.6 Å². The zero-order chi connectivity index (χ0) is 14.9. The SMILES string of the molecule is I.NC(=NCCCCN1CCCC1CO)Nc1ccccc1. The summed E-state index contributed by atoms with van der Waals surface area (Å²) >= 11 is 0. The molecule has 1 aromatic rings. The first-order valence-electron chi connectivity index (χ1n) is 7.76. The van der Waals surface area contributed by atoms with Crippen molar-refractivity contribution in [3.8, 4) is 0 Å².